The maximum absolute atomic E-state index is 8.69. The second-order valence-corrected chi connectivity index (χ2v) is 3.88. The Morgan fingerprint density at radius 2 is 2.31 bits per heavy atom. The summed E-state index contributed by atoms with van der Waals surface area (Å²) in [5.74, 6) is 0.729. The number of nitriles is 1. The lowest BCUT2D eigenvalue weighted by Crippen LogP contribution is -1.94. The molecule has 13 heavy (non-hydrogen) atoms. The van der Waals surface area contributed by atoms with Crippen molar-refractivity contribution < 1.29 is 4.74 Å². The molecule has 0 heterocycles. The smallest absolute Gasteiger partial charge is 0.134 e. The molecule has 0 spiro atoms. The highest BCUT2D eigenvalue weighted by Crippen LogP contribution is 2.28. The Labute approximate surface area is 95.6 Å². The van der Waals surface area contributed by atoms with Crippen LogP contribution in [-0.2, 0) is 0 Å². The fourth-order valence-corrected chi connectivity index (χ4v) is 1.70. The molecule has 1 rings (SSSR count). The average molecular weight is 308 g/mol. The second-order valence-electron chi connectivity index (χ2n) is 2.31. The van der Waals surface area contributed by atoms with Crippen LogP contribution in [0, 0.1) is 14.9 Å². The minimum absolute atomic E-state index is 0.436. The predicted octanol–water partition coefficient (Wildman–Crippen LogP) is 3.21. The van der Waals surface area contributed by atoms with E-state index in [4.69, 9.17) is 21.6 Å². The summed E-state index contributed by atoms with van der Waals surface area (Å²) >= 11 is 7.95. The van der Waals surface area contributed by atoms with Gasteiger partial charge in [0, 0.05) is 6.07 Å². The average Bonchev–Trinajstić information content (AvgIpc) is 2.11. The van der Waals surface area contributed by atoms with Crippen LogP contribution < -0.4 is 4.74 Å². The zero-order valence-corrected chi connectivity index (χ0v) is 9.89. The standard InChI is InChI=1S/C9H7ClINO/c1-2-13-9-4-7(10)6(5-12)3-8(9)11/h3-4H,2H2,1H3. The molecule has 4 heteroatoms. The molecule has 0 radical (unpaired) electrons. The van der Waals surface area contributed by atoms with E-state index in [0.717, 1.165) is 9.32 Å². The monoisotopic (exact) mass is 307 g/mol. The van der Waals surface area contributed by atoms with Gasteiger partial charge in [0.25, 0.3) is 0 Å². The zero-order valence-electron chi connectivity index (χ0n) is 6.97. The lowest BCUT2D eigenvalue weighted by atomic mass is 10.2. The molecule has 0 aromatic heterocycles. The maximum atomic E-state index is 8.69. The van der Waals surface area contributed by atoms with Crippen LogP contribution in [0.25, 0.3) is 0 Å². The molecule has 0 atom stereocenters. The van der Waals surface area contributed by atoms with Crippen molar-refractivity contribution in [2.24, 2.45) is 0 Å². The summed E-state index contributed by atoms with van der Waals surface area (Å²) in [5.41, 5.74) is 0.481. The van der Waals surface area contributed by atoms with Gasteiger partial charge >= 0.3 is 0 Å². The molecule has 0 N–H and O–H groups in total. The number of hydrogen-bond donors (Lipinski definition) is 0. The van der Waals surface area contributed by atoms with Gasteiger partial charge in [-0.3, -0.25) is 0 Å². The molecule has 0 saturated carbocycles. The Balaban J connectivity index is 3.14. The number of ether oxygens (including phenoxy) is 1. The van der Waals surface area contributed by atoms with Gasteiger partial charge in [-0.15, -0.1) is 0 Å². The third-order valence-corrected chi connectivity index (χ3v) is 2.60. The quantitative estimate of drug-likeness (QED) is 0.786. The highest BCUT2D eigenvalue weighted by atomic mass is 127. The SMILES string of the molecule is CCOc1cc(Cl)c(C#N)cc1I. The largest absolute Gasteiger partial charge is 0.493 e. The Hall–Kier alpha value is -0.470. The molecule has 0 aliphatic heterocycles. The van der Waals surface area contributed by atoms with E-state index in [-0.39, 0.29) is 0 Å². The molecule has 0 bridgehead atoms. The first-order valence-electron chi connectivity index (χ1n) is 3.71. The van der Waals surface area contributed by atoms with Crippen LogP contribution >= 0.6 is 34.2 Å². The summed E-state index contributed by atoms with van der Waals surface area (Å²) in [7, 11) is 0. The summed E-state index contributed by atoms with van der Waals surface area (Å²) < 4.78 is 6.22. The van der Waals surface area contributed by atoms with Gasteiger partial charge in [-0.25, -0.2) is 0 Å². The Morgan fingerprint density at radius 3 is 2.85 bits per heavy atom. The maximum Gasteiger partial charge on any atom is 0.134 e. The van der Waals surface area contributed by atoms with Gasteiger partial charge in [0.1, 0.15) is 11.8 Å². The Morgan fingerprint density at radius 1 is 1.62 bits per heavy atom. The van der Waals surface area contributed by atoms with E-state index in [0.29, 0.717) is 17.2 Å². The molecular weight excluding hydrogens is 300 g/mol. The van der Waals surface area contributed by atoms with E-state index in [1.807, 2.05) is 13.0 Å². The number of hydrogen-bond acceptors (Lipinski definition) is 2. The highest BCUT2D eigenvalue weighted by Gasteiger charge is 2.06. The first-order chi connectivity index (χ1) is 6.19. The number of rotatable bonds is 2. The lowest BCUT2D eigenvalue weighted by Gasteiger charge is -2.06. The molecular formula is C9H7ClINO. The first-order valence-corrected chi connectivity index (χ1v) is 5.16. The van der Waals surface area contributed by atoms with Crippen LogP contribution in [-0.4, -0.2) is 6.61 Å². The van der Waals surface area contributed by atoms with E-state index in [9.17, 15) is 0 Å². The fraction of sp³-hybridized carbons (Fsp3) is 0.222. The van der Waals surface area contributed by atoms with Crippen LogP contribution in [0.4, 0.5) is 0 Å². The molecule has 0 aliphatic rings. The van der Waals surface area contributed by atoms with Crippen molar-refractivity contribution in [1.82, 2.24) is 0 Å². The predicted molar refractivity (Wildman–Crippen MR) is 60.1 cm³/mol. The molecule has 0 saturated heterocycles. The number of nitrogens with zero attached hydrogens (tertiary/aromatic N) is 1. The molecule has 68 valence electrons. The zero-order chi connectivity index (χ0) is 9.84. The number of benzene rings is 1. The van der Waals surface area contributed by atoms with Gasteiger partial charge in [0.05, 0.1) is 20.8 Å². The summed E-state index contributed by atoms with van der Waals surface area (Å²) in [6.07, 6.45) is 0. The van der Waals surface area contributed by atoms with E-state index in [1.165, 1.54) is 0 Å². The summed E-state index contributed by atoms with van der Waals surface area (Å²) in [4.78, 5) is 0. The molecule has 2 nitrogen and oxygen atoms in total. The highest BCUT2D eigenvalue weighted by molar-refractivity contribution is 14.1. The third kappa shape index (κ3) is 2.48. The van der Waals surface area contributed by atoms with Crippen molar-refractivity contribution in [2.45, 2.75) is 6.92 Å². The third-order valence-electron chi connectivity index (χ3n) is 1.44. The van der Waals surface area contributed by atoms with Crippen LogP contribution in [0.1, 0.15) is 12.5 Å². The molecule has 0 unspecified atom stereocenters. The van der Waals surface area contributed by atoms with Crippen molar-refractivity contribution in [3.05, 3.63) is 26.3 Å². The molecule has 0 aliphatic carbocycles. The van der Waals surface area contributed by atoms with Crippen LogP contribution in [0.15, 0.2) is 12.1 Å². The van der Waals surface area contributed by atoms with Crippen molar-refractivity contribution in [2.75, 3.05) is 6.61 Å². The van der Waals surface area contributed by atoms with Gasteiger partial charge < -0.3 is 4.74 Å². The molecule has 1 aromatic rings. The normalized spacial score (nSPS) is 9.38. The van der Waals surface area contributed by atoms with Gasteiger partial charge in [0.15, 0.2) is 0 Å². The second kappa shape index (κ2) is 4.68. The van der Waals surface area contributed by atoms with Crippen molar-refractivity contribution in [3.63, 3.8) is 0 Å². The first kappa shape index (κ1) is 10.6. The van der Waals surface area contributed by atoms with Gasteiger partial charge in [-0.05, 0) is 35.6 Å². The van der Waals surface area contributed by atoms with E-state index in [2.05, 4.69) is 22.6 Å². The Bertz CT molecular complexity index is 359. The van der Waals surface area contributed by atoms with E-state index in [1.54, 1.807) is 12.1 Å². The van der Waals surface area contributed by atoms with Crippen molar-refractivity contribution in [1.29, 1.82) is 5.26 Å². The minimum Gasteiger partial charge on any atom is -0.493 e. The van der Waals surface area contributed by atoms with Crippen LogP contribution in [0.2, 0.25) is 5.02 Å². The lowest BCUT2D eigenvalue weighted by molar-refractivity contribution is 0.338. The summed E-state index contributed by atoms with van der Waals surface area (Å²) in [6.45, 7) is 2.50. The van der Waals surface area contributed by atoms with Crippen LogP contribution in [0.5, 0.6) is 5.75 Å². The topological polar surface area (TPSA) is 33.0 Å². The molecule has 0 fully saturated rings. The molecule has 0 amide bonds. The Kier molecular flexibility index (Phi) is 3.82. The van der Waals surface area contributed by atoms with E-state index >= 15 is 0 Å². The van der Waals surface area contributed by atoms with Gasteiger partial charge in [0.2, 0.25) is 0 Å². The van der Waals surface area contributed by atoms with Crippen molar-refractivity contribution >= 4 is 34.2 Å². The van der Waals surface area contributed by atoms with Gasteiger partial charge in [-0.1, -0.05) is 11.6 Å². The minimum atomic E-state index is 0.436. The summed E-state index contributed by atoms with van der Waals surface area (Å²) in [5, 5.41) is 9.12. The van der Waals surface area contributed by atoms with Gasteiger partial charge in [-0.2, -0.15) is 5.26 Å². The number of halogens is 2. The molecule has 1 aromatic carbocycles. The summed E-state index contributed by atoms with van der Waals surface area (Å²) in [6, 6.07) is 5.40. The van der Waals surface area contributed by atoms with E-state index < -0.39 is 0 Å². The van der Waals surface area contributed by atoms with Crippen LogP contribution in [0.3, 0.4) is 0 Å². The fourth-order valence-electron chi connectivity index (χ4n) is 0.880. The van der Waals surface area contributed by atoms with Crippen molar-refractivity contribution in [3.8, 4) is 11.8 Å².